The molecule has 1 fully saturated rings. The summed E-state index contributed by atoms with van der Waals surface area (Å²) in [5.41, 5.74) is 8.61. The van der Waals surface area contributed by atoms with E-state index in [0.29, 0.717) is 6.04 Å². The second-order valence-corrected chi connectivity index (χ2v) is 5.61. The zero-order valence-electron chi connectivity index (χ0n) is 12.3. The molecule has 3 heteroatoms. The van der Waals surface area contributed by atoms with Crippen LogP contribution < -0.4 is 10.6 Å². The Hall–Kier alpha value is -1.06. The first kappa shape index (κ1) is 14.4. The largest absolute Gasteiger partial charge is 0.383 e. The molecule has 0 heterocycles. The van der Waals surface area contributed by atoms with Crippen molar-refractivity contribution >= 4 is 5.69 Å². The molecule has 2 rings (SSSR count). The number of anilines is 1. The van der Waals surface area contributed by atoms with Crippen molar-refractivity contribution < 1.29 is 4.74 Å². The lowest BCUT2D eigenvalue weighted by atomic mass is 10.0. The van der Waals surface area contributed by atoms with Crippen LogP contribution in [0.25, 0.3) is 0 Å². The number of benzene rings is 1. The average Bonchev–Trinajstić information content (AvgIpc) is 3.23. The SMILES string of the molecule is COCCN(c1ccccc1C(C)N)C(C)C1CC1. The van der Waals surface area contributed by atoms with Crippen LogP contribution >= 0.6 is 0 Å². The molecule has 2 atom stereocenters. The van der Waals surface area contributed by atoms with E-state index in [2.05, 4.69) is 43.0 Å². The number of ether oxygens (including phenoxy) is 1. The first-order chi connectivity index (χ1) is 9.15. The fraction of sp³-hybridized carbons (Fsp3) is 0.625. The van der Waals surface area contributed by atoms with E-state index in [0.717, 1.165) is 19.1 Å². The third-order valence-electron chi connectivity index (χ3n) is 4.07. The van der Waals surface area contributed by atoms with E-state index in [1.54, 1.807) is 7.11 Å². The highest BCUT2D eigenvalue weighted by molar-refractivity contribution is 5.55. The third-order valence-corrected chi connectivity index (χ3v) is 4.07. The molecule has 106 valence electrons. The molecule has 1 aliphatic rings. The number of nitrogens with zero attached hydrogens (tertiary/aromatic N) is 1. The predicted molar refractivity (Wildman–Crippen MR) is 80.5 cm³/mol. The average molecular weight is 262 g/mol. The maximum Gasteiger partial charge on any atom is 0.0637 e. The fourth-order valence-electron chi connectivity index (χ4n) is 2.70. The summed E-state index contributed by atoms with van der Waals surface area (Å²) in [5.74, 6) is 0.831. The van der Waals surface area contributed by atoms with Gasteiger partial charge in [0.2, 0.25) is 0 Å². The van der Waals surface area contributed by atoms with Gasteiger partial charge in [0.25, 0.3) is 0 Å². The van der Waals surface area contributed by atoms with Crippen LogP contribution in [0.2, 0.25) is 0 Å². The van der Waals surface area contributed by atoms with E-state index in [1.807, 2.05) is 0 Å². The molecule has 3 nitrogen and oxygen atoms in total. The van der Waals surface area contributed by atoms with Crippen molar-refractivity contribution in [1.82, 2.24) is 0 Å². The van der Waals surface area contributed by atoms with Gasteiger partial charge in [-0.25, -0.2) is 0 Å². The summed E-state index contributed by atoms with van der Waals surface area (Å²) in [7, 11) is 1.76. The highest BCUT2D eigenvalue weighted by atomic mass is 16.5. The molecule has 0 radical (unpaired) electrons. The molecular weight excluding hydrogens is 236 g/mol. The molecule has 1 aliphatic carbocycles. The Morgan fingerprint density at radius 3 is 2.58 bits per heavy atom. The van der Waals surface area contributed by atoms with Crippen molar-refractivity contribution in [2.45, 2.75) is 38.8 Å². The van der Waals surface area contributed by atoms with Gasteiger partial charge in [-0.2, -0.15) is 0 Å². The van der Waals surface area contributed by atoms with Crippen molar-refractivity contribution in [2.24, 2.45) is 11.7 Å². The van der Waals surface area contributed by atoms with Gasteiger partial charge in [0.1, 0.15) is 0 Å². The van der Waals surface area contributed by atoms with Crippen LogP contribution in [0.5, 0.6) is 0 Å². The van der Waals surface area contributed by atoms with Gasteiger partial charge in [-0.15, -0.1) is 0 Å². The van der Waals surface area contributed by atoms with Gasteiger partial charge in [-0.3, -0.25) is 0 Å². The minimum atomic E-state index is 0.0626. The number of hydrogen-bond acceptors (Lipinski definition) is 3. The number of para-hydroxylation sites is 1. The summed E-state index contributed by atoms with van der Waals surface area (Å²) >= 11 is 0. The van der Waals surface area contributed by atoms with Crippen molar-refractivity contribution in [2.75, 3.05) is 25.2 Å². The van der Waals surface area contributed by atoms with E-state index in [9.17, 15) is 0 Å². The second kappa shape index (κ2) is 6.40. The molecule has 0 aliphatic heterocycles. The molecule has 0 spiro atoms. The lowest BCUT2D eigenvalue weighted by Crippen LogP contribution is -2.38. The molecule has 1 saturated carbocycles. The number of hydrogen-bond donors (Lipinski definition) is 1. The molecule has 2 N–H and O–H groups in total. The van der Waals surface area contributed by atoms with Gasteiger partial charge >= 0.3 is 0 Å². The Morgan fingerprint density at radius 2 is 2.00 bits per heavy atom. The maximum absolute atomic E-state index is 6.11. The fourth-order valence-corrected chi connectivity index (χ4v) is 2.70. The number of nitrogens with two attached hydrogens (primary N) is 1. The topological polar surface area (TPSA) is 38.5 Å². The Morgan fingerprint density at radius 1 is 1.32 bits per heavy atom. The lowest BCUT2D eigenvalue weighted by Gasteiger charge is -2.33. The molecule has 0 saturated heterocycles. The van der Waals surface area contributed by atoms with E-state index < -0.39 is 0 Å². The van der Waals surface area contributed by atoms with Crippen LogP contribution in [0.4, 0.5) is 5.69 Å². The van der Waals surface area contributed by atoms with Crippen LogP contribution in [0, 0.1) is 5.92 Å². The highest BCUT2D eigenvalue weighted by Crippen LogP contribution is 2.38. The second-order valence-electron chi connectivity index (χ2n) is 5.61. The highest BCUT2D eigenvalue weighted by Gasteiger charge is 2.32. The van der Waals surface area contributed by atoms with E-state index in [4.69, 9.17) is 10.5 Å². The molecule has 0 amide bonds. The monoisotopic (exact) mass is 262 g/mol. The molecule has 0 bridgehead atoms. The quantitative estimate of drug-likeness (QED) is 0.821. The molecule has 1 aromatic rings. The van der Waals surface area contributed by atoms with Crippen molar-refractivity contribution in [1.29, 1.82) is 0 Å². The minimum absolute atomic E-state index is 0.0626. The predicted octanol–water partition coefficient (Wildman–Crippen LogP) is 2.96. The Bertz CT molecular complexity index is 401. The summed E-state index contributed by atoms with van der Waals surface area (Å²) in [4.78, 5) is 2.47. The lowest BCUT2D eigenvalue weighted by molar-refractivity contribution is 0.202. The maximum atomic E-state index is 6.11. The molecular formula is C16H26N2O. The van der Waals surface area contributed by atoms with Crippen molar-refractivity contribution in [3.05, 3.63) is 29.8 Å². The van der Waals surface area contributed by atoms with Crippen LogP contribution in [-0.4, -0.2) is 26.3 Å². The number of rotatable bonds is 7. The zero-order chi connectivity index (χ0) is 13.8. The third kappa shape index (κ3) is 3.48. The minimum Gasteiger partial charge on any atom is -0.383 e. The summed E-state index contributed by atoms with van der Waals surface area (Å²) in [6, 6.07) is 9.12. The summed E-state index contributed by atoms with van der Waals surface area (Å²) in [6.07, 6.45) is 2.70. The Kier molecular flexibility index (Phi) is 4.83. The summed E-state index contributed by atoms with van der Waals surface area (Å²) in [6.45, 7) is 6.06. The van der Waals surface area contributed by atoms with Gasteiger partial charge in [-0.1, -0.05) is 18.2 Å². The molecule has 1 aromatic carbocycles. The summed E-state index contributed by atoms with van der Waals surface area (Å²) < 4.78 is 5.27. The molecule has 0 aromatic heterocycles. The van der Waals surface area contributed by atoms with Crippen molar-refractivity contribution in [3.63, 3.8) is 0 Å². The summed E-state index contributed by atoms with van der Waals surface area (Å²) in [5, 5.41) is 0. The normalized spacial score (nSPS) is 18.1. The van der Waals surface area contributed by atoms with Gasteiger partial charge in [0.05, 0.1) is 6.61 Å². The van der Waals surface area contributed by atoms with Crippen LogP contribution in [0.1, 0.15) is 38.3 Å². The van der Waals surface area contributed by atoms with Crippen LogP contribution in [-0.2, 0) is 4.74 Å². The van der Waals surface area contributed by atoms with Gasteiger partial charge in [0, 0.05) is 31.4 Å². The van der Waals surface area contributed by atoms with Gasteiger partial charge in [-0.05, 0) is 44.2 Å². The van der Waals surface area contributed by atoms with Crippen molar-refractivity contribution in [3.8, 4) is 0 Å². The van der Waals surface area contributed by atoms with E-state index in [1.165, 1.54) is 24.1 Å². The Balaban J connectivity index is 2.25. The smallest absolute Gasteiger partial charge is 0.0637 e. The molecule has 2 unspecified atom stereocenters. The van der Waals surface area contributed by atoms with Crippen LogP contribution in [0.3, 0.4) is 0 Å². The molecule has 19 heavy (non-hydrogen) atoms. The Labute approximate surface area is 116 Å². The van der Waals surface area contributed by atoms with Crippen LogP contribution in [0.15, 0.2) is 24.3 Å². The standard InChI is InChI=1S/C16H26N2O/c1-12(17)15-6-4-5-7-16(15)18(10-11-19-3)13(2)14-8-9-14/h4-7,12-14H,8-11,17H2,1-3H3. The number of methoxy groups -OCH3 is 1. The van der Waals surface area contributed by atoms with E-state index in [-0.39, 0.29) is 6.04 Å². The van der Waals surface area contributed by atoms with Gasteiger partial charge in [0.15, 0.2) is 0 Å². The first-order valence-electron chi connectivity index (χ1n) is 7.25. The zero-order valence-corrected chi connectivity index (χ0v) is 12.3. The van der Waals surface area contributed by atoms with Gasteiger partial charge < -0.3 is 15.4 Å². The van der Waals surface area contributed by atoms with E-state index >= 15 is 0 Å². The first-order valence-corrected chi connectivity index (χ1v) is 7.25.